The number of aryl methyl sites for hydroxylation is 1. The summed E-state index contributed by atoms with van der Waals surface area (Å²) < 4.78 is 10.6. The van der Waals surface area contributed by atoms with Gasteiger partial charge in [-0.15, -0.1) is 11.3 Å². The number of thiazole rings is 1. The molecule has 3 rings (SSSR count). The molecule has 1 heterocycles. The topological polar surface area (TPSA) is 89.6 Å². The zero-order valence-corrected chi connectivity index (χ0v) is 17.3. The van der Waals surface area contributed by atoms with Gasteiger partial charge in [-0.05, 0) is 49.4 Å². The number of nitrogens with one attached hydrogen (secondary N) is 2. The van der Waals surface area contributed by atoms with Crippen molar-refractivity contribution < 1.29 is 19.1 Å². The van der Waals surface area contributed by atoms with Crippen LogP contribution in [0.15, 0.2) is 42.5 Å². The van der Waals surface area contributed by atoms with Crippen LogP contribution in [0, 0.1) is 6.92 Å². The van der Waals surface area contributed by atoms with E-state index in [0.717, 1.165) is 5.56 Å². The molecule has 0 fully saturated rings. The third kappa shape index (κ3) is 4.38. The Balaban J connectivity index is 1.81. The van der Waals surface area contributed by atoms with E-state index < -0.39 is 0 Å². The Bertz CT molecular complexity index is 1040. The highest BCUT2D eigenvalue weighted by atomic mass is 32.1. The van der Waals surface area contributed by atoms with E-state index in [1.54, 1.807) is 58.5 Å². The Morgan fingerprint density at radius 1 is 0.966 bits per heavy atom. The lowest BCUT2D eigenvalue weighted by Crippen LogP contribution is -2.17. The number of nitrogens with zero attached hydrogens (tertiary/aromatic N) is 1. The van der Waals surface area contributed by atoms with Crippen molar-refractivity contribution in [1.29, 1.82) is 0 Å². The summed E-state index contributed by atoms with van der Waals surface area (Å²) >= 11 is 1.30. The third-order valence-electron chi connectivity index (χ3n) is 4.27. The normalized spacial score (nSPS) is 10.3. The van der Waals surface area contributed by atoms with Gasteiger partial charge in [0.05, 0.1) is 19.9 Å². The molecule has 8 heteroatoms. The average molecular weight is 411 g/mol. The van der Waals surface area contributed by atoms with Crippen LogP contribution in [0.5, 0.6) is 11.5 Å². The van der Waals surface area contributed by atoms with E-state index in [1.165, 1.54) is 11.3 Å². The monoisotopic (exact) mass is 411 g/mol. The molecule has 0 unspecified atom stereocenters. The summed E-state index contributed by atoms with van der Waals surface area (Å²) in [6.45, 7) is 1.80. The van der Waals surface area contributed by atoms with Gasteiger partial charge in [0.15, 0.2) is 11.5 Å². The summed E-state index contributed by atoms with van der Waals surface area (Å²) in [6.07, 6.45) is 0. The molecule has 2 amide bonds. The summed E-state index contributed by atoms with van der Waals surface area (Å²) in [5.41, 5.74) is 2.60. The number of carbonyl (C=O) groups is 2. The molecule has 1 aromatic heterocycles. The van der Waals surface area contributed by atoms with E-state index in [4.69, 9.17) is 9.47 Å². The van der Waals surface area contributed by atoms with Gasteiger partial charge in [0, 0.05) is 23.9 Å². The van der Waals surface area contributed by atoms with Gasteiger partial charge < -0.3 is 20.1 Å². The Labute approximate surface area is 172 Å². The predicted molar refractivity (Wildman–Crippen MR) is 113 cm³/mol. The van der Waals surface area contributed by atoms with Crippen LogP contribution in [0.3, 0.4) is 0 Å². The van der Waals surface area contributed by atoms with Crippen LogP contribution in [0.4, 0.5) is 5.69 Å². The molecule has 3 aromatic rings. The van der Waals surface area contributed by atoms with Crippen molar-refractivity contribution in [1.82, 2.24) is 10.3 Å². The molecule has 2 N–H and O–H groups in total. The maximum absolute atomic E-state index is 12.7. The van der Waals surface area contributed by atoms with Crippen LogP contribution < -0.4 is 20.1 Å². The van der Waals surface area contributed by atoms with Crippen molar-refractivity contribution in [2.75, 3.05) is 26.6 Å². The van der Waals surface area contributed by atoms with Crippen molar-refractivity contribution in [2.45, 2.75) is 6.92 Å². The van der Waals surface area contributed by atoms with E-state index >= 15 is 0 Å². The lowest BCUT2D eigenvalue weighted by atomic mass is 10.2. The first-order valence-electron chi connectivity index (χ1n) is 8.80. The highest BCUT2D eigenvalue weighted by molar-refractivity contribution is 7.17. The number of benzene rings is 2. The molecule has 0 spiro atoms. The summed E-state index contributed by atoms with van der Waals surface area (Å²) in [5, 5.41) is 6.11. The maximum Gasteiger partial charge on any atom is 0.267 e. The molecule has 0 aliphatic carbocycles. The molecule has 0 saturated heterocycles. The fraction of sp³-hybridized carbons (Fsp3) is 0.190. The van der Waals surface area contributed by atoms with Gasteiger partial charge in [-0.25, -0.2) is 4.98 Å². The molecular formula is C21H21N3O4S. The number of ether oxygens (including phenoxy) is 2. The SMILES string of the molecule is CNC(=O)c1ccc(NC(=O)c2sc(-c3ccc(OC)c(OC)c3)nc2C)cc1. The second kappa shape index (κ2) is 8.74. The lowest BCUT2D eigenvalue weighted by molar-refractivity contribution is 0.0962. The van der Waals surface area contributed by atoms with Crippen LogP contribution in [0.1, 0.15) is 25.7 Å². The zero-order valence-electron chi connectivity index (χ0n) is 16.5. The van der Waals surface area contributed by atoms with E-state index in [-0.39, 0.29) is 11.8 Å². The molecule has 29 heavy (non-hydrogen) atoms. The van der Waals surface area contributed by atoms with Gasteiger partial charge >= 0.3 is 0 Å². The van der Waals surface area contributed by atoms with Gasteiger partial charge in [0.2, 0.25) is 0 Å². The number of methoxy groups -OCH3 is 2. The maximum atomic E-state index is 12.7. The highest BCUT2D eigenvalue weighted by Crippen LogP contribution is 2.35. The van der Waals surface area contributed by atoms with Gasteiger partial charge in [0.1, 0.15) is 9.88 Å². The molecule has 0 aliphatic heterocycles. The van der Waals surface area contributed by atoms with Gasteiger partial charge in [0.25, 0.3) is 11.8 Å². The first-order chi connectivity index (χ1) is 14.0. The lowest BCUT2D eigenvalue weighted by Gasteiger charge is -2.08. The van der Waals surface area contributed by atoms with Crippen LogP contribution in [0.25, 0.3) is 10.6 Å². The molecule has 0 bridgehead atoms. The summed E-state index contributed by atoms with van der Waals surface area (Å²) in [7, 11) is 4.72. The zero-order chi connectivity index (χ0) is 21.0. The Morgan fingerprint density at radius 2 is 1.66 bits per heavy atom. The molecule has 150 valence electrons. The Hall–Kier alpha value is -3.39. The minimum absolute atomic E-state index is 0.180. The highest BCUT2D eigenvalue weighted by Gasteiger charge is 2.18. The van der Waals surface area contributed by atoms with Crippen LogP contribution in [-0.2, 0) is 0 Å². The Morgan fingerprint density at radius 3 is 2.28 bits per heavy atom. The number of amides is 2. The van der Waals surface area contributed by atoms with Crippen molar-refractivity contribution >= 4 is 28.8 Å². The summed E-state index contributed by atoms with van der Waals surface area (Å²) in [6, 6.07) is 12.2. The van der Waals surface area contributed by atoms with Gasteiger partial charge in [-0.2, -0.15) is 0 Å². The molecular weight excluding hydrogens is 390 g/mol. The molecule has 0 radical (unpaired) electrons. The number of hydrogen-bond donors (Lipinski definition) is 2. The van der Waals surface area contributed by atoms with Crippen molar-refractivity contribution in [2.24, 2.45) is 0 Å². The minimum Gasteiger partial charge on any atom is -0.493 e. The van der Waals surface area contributed by atoms with Crippen molar-refractivity contribution in [3.63, 3.8) is 0 Å². The second-order valence-corrected chi connectivity index (χ2v) is 7.11. The fourth-order valence-corrected chi connectivity index (χ4v) is 3.69. The molecule has 0 saturated carbocycles. The number of hydrogen-bond acceptors (Lipinski definition) is 6. The first-order valence-corrected chi connectivity index (χ1v) is 9.61. The average Bonchev–Trinajstić information content (AvgIpc) is 3.14. The third-order valence-corrected chi connectivity index (χ3v) is 5.47. The standard InChI is InChI=1S/C21H21N3O4S/c1-12-18(20(26)24-15-8-5-13(6-9-15)19(25)22-2)29-21(23-12)14-7-10-16(27-3)17(11-14)28-4/h5-11H,1-4H3,(H,22,25)(H,24,26). The number of rotatable bonds is 6. The van der Waals surface area contributed by atoms with Crippen LogP contribution in [0.2, 0.25) is 0 Å². The molecule has 0 atom stereocenters. The number of anilines is 1. The van der Waals surface area contributed by atoms with E-state index in [0.29, 0.717) is 38.3 Å². The predicted octanol–water partition coefficient (Wildman–Crippen LogP) is 3.75. The van der Waals surface area contributed by atoms with Gasteiger partial charge in [-0.3, -0.25) is 9.59 Å². The van der Waals surface area contributed by atoms with Crippen LogP contribution >= 0.6 is 11.3 Å². The second-order valence-electron chi connectivity index (χ2n) is 6.11. The molecule has 2 aromatic carbocycles. The van der Waals surface area contributed by atoms with Gasteiger partial charge in [-0.1, -0.05) is 0 Å². The van der Waals surface area contributed by atoms with E-state index in [1.807, 2.05) is 12.1 Å². The van der Waals surface area contributed by atoms with Crippen molar-refractivity contribution in [3.05, 3.63) is 58.6 Å². The van der Waals surface area contributed by atoms with Crippen LogP contribution in [-0.4, -0.2) is 38.1 Å². The summed E-state index contributed by atoms with van der Waals surface area (Å²) in [5.74, 6) is 0.794. The number of carbonyl (C=O) groups excluding carboxylic acids is 2. The molecule has 0 aliphatic rings. The summed E-state index contributed by atoms with van der Waals surface area (Å²) in [4.78, 5) is 29.4. The fourth-order valence-electron chi connectivity index (χ4n) is 2.74. The smallest absolute Gasteiger partial charge is 0.267 e. The van der Waals surface area contributed by atoms with E-state index in [9.17, 15) is 9.59 Å². The quantitative estimate of drug-likeness (QED) is 0.645. The molecule has 7 nitrogen and oxygen atoms in total. The van der Waals surface area contributed by atoms with Crippen molar-refractivity contribution in [3.8, 4) is 22.1 Å². The minimum atomic E-state index is -0.251. The Kier molecular flexibility index (Phi) is 6.13. The largest absolute Gasteiger partial charge is 0.493 e. The number of aromatic nitrogens is 1. The van der Waals surface area contributed by atoms with E-state index in [2.05, 4.69) is 15.6 Å². The first kappa shape index (κ1) is 20.3.